The van der Waals surface area contributed by atoms with E-state index in [0.717, 1.165) is 40.8 Å². The van der Waals surface area contributed by atoms with Crippen molar-refractivity contribution in [2.75, 3.05) is 19.4 Å². The van der Waals surface area contributed by atoms with Crippen LogP contribution >= 0.6 is 24.2 Å². The predicted molar refractivity (Wildman–Crippen MR) is 146 cm³/mol. The molecule has 5 rings (SSSR count). The molecule has 0 amide bonds. The van der Waals surface area contributed by atoms with Gasteiger partial charge in [-0.2, -0.15) is 9.36 Å². The Hall–Kier alpha value is -4.00. The van der Waals surface area contributed by atoms with Crippen molar-refractivity contribution in [3.05, 3.63) is 84.4 Å². The van der Waals surface area contributed by atoms with Gasteiger partial charge in [0.1, 0.15) is 0 Å². The number of hydrogen-bond acceptors (Lipinski definition) is 10. The molecule has 0 bridgehead atoms. The number of tetrazole rings is 2. The van der Waals surface area contributed by atoms with E-state index in [4.69, 9.17) is 9.47 Å². The van der Waals surface area contributed by atoms with E-state index in [9.17, 15) is 0 Å². The SMILES string of the molecule is COc1cc(CNCCCSc2nnnn2-c2ccccc2)ccc1Oc1nnnn1-c1ccccc1.Cl. The van der Waals surface area contributed by atoms with E-state index in [1.807, 2.05) is 78.9 Å². The lowest BCUT2D eigenvalue weighted by atomic mass is 10.2. The third-order valence-electron chi connectivity index (χ3n) is 5.37. The molecule has 0 fully saturated rings. The zero-order valence-electron chi connectivity index (χ0n) is 20.5. The second kappa shape index (κ2) is 13.5. The Morgan fingerprint density at radius 3 is 2.24 bits per heavy atom. The lowest BCUT2D eigenvalue weighted by Crippen LogP contribution is -2.15. The number of nitrogens with zero attached hydrogens (tertiary/aromatic N) is 8. The van der Waals surface area contributed by atoms with Crippen molar-refractivity contribution in [1.82, 2.24) is 45.7 Å². The summed E-state index contributed by atoms with van der Waals surface area (Å²) in [5.74, 6) is 2.03. The number of nitrogens with one attached hydrogen (secondary N) is 1. The molecule has 0 atom stereocenters. The molecule has 196 valence electrons. The van der Waals surface area contributed by atoms with Crippen LogP contribution in [0.25, 0.3) is 11.4 Å². The minimum absolute atomic E-state index is 0. The van der Waals surface area contributed by atoms with E-state index >= 15 is 0 Å². The van der Waals surface area contributed by atoms with Crippen LogP contribution in [0.4, 0.5) is 0 Å². The fraction of sp³-hybridized carbons (Fsp3) is 0.200. The van der Waals surface area contributed by atoms with E-state index in [0.29, 0.717) is 18.0 Å². The van der Waals surface area contributed by atoms with Crippen LogP contribution in [-0.4, -0.2) is 59.8 Å². The van der Waals surface area contributed by atoms with E-state index in [2.05, 4.69) is 36.4 Å². The quantitative estimate of drug-likeness (QED) is 0.179. The summed E-state index contributed by atoms with van der Waals surface area (Å²) in [6, 6.07) is 25.5. The van der Waals surface area contributed by atoms with Crippen molar-refractivity contribution in [3.8, 4) is 28.9 Å². The van der Waals surface area contributed by atoms with E-state index in [1.54, 1.807) is 23.6 Å². The smallest absolute Gasteiger partial charge is 0.346 e. The van der Waals surface area contributed by atoms with Crippen molar-refractivity contribution in [2.45, 2.75) is 18.1 Å². The van der Waals surface area contributed by atoms with Gasteiger partial charge in [0.15, 0.2) is 11.5 Å². The van der Waals surface area contributed by atoms with Crippen LogP contribution in [0.3, 0.4) is 0 Å². The van der Waals surface area contributed by atoms with E-state index in [1.165, 1.54) is 4.68 Å². The molecule has 11 nitrogen and oxygen atoms in total. The summed E-state index contributed by atoms with van der Waals surface area (Å²) in [7, 11) is 1.61. The second-order valence-electron chi connectivity index (χ2n) is 7.88. The van der Waals surface area contributed by atoms with Crippen LogP contribution in [0, 0.1) is 0 Å². The number of thioether (sulfide) groups is 1. The molecule has 2 heterocycles. The number of methoxy groups -OCH3 is 1. The van der Waals surface area contributed by atoms with Crippen molar-refractivity contribution < 1.29 is 9.47 Å². The van der Waals surface area contributed by atoms with Gasteiger partial charge in [-0.15, -0.1) is 17.5 Å². The van der Waals surface area contributed by atoms with Gasteiger partial charge in [0.05, 0.1) is 18.5 Å². The predicted octanol–water partition coefficient (Wildman–Crippen LogP) is 4.13. The highest BCUT2D eigenvalue weighted by Gasteiger charge is 2.14. The Labute approximate surface area is 230 Å². The monoisotopic (exact) mass is 551 g/mol. The standard InChI is InChI=1S/C25H25N9O2S.ClH/c1-35-23-17-19(13-14-22(23)36-24-27-29-31-33(24)20-9-4-2-5-10-20)18-26-15-8-16-37-25-28-30-32-34(25)21-11-6-3-7-12-21;/h2-7,9-14,17,26H,8,15-16,18H2,1H3;1H. The highest BCUT2D eigenvalue weighted by atomic mass is 35.5. The summed E-state index contributed by atoms with van der Waals surface area (Å²) >= 11 is 1.64. The van der Waals surface area contributed by atoms with Gasteiger partial charge >= 0.3 is 6.01 Å². The lowest BCUT2D eigenvalue weighted by Gasteiger charge is -2.12. The number of ether oxygens (including phenoxy) is 2. The highest BCUT2D eigenvalue weighted by Crippen LogP contribution is 2.32. The molecule has 0 saturated carbocycles. The Balaban J connectivity index is 0.00000336. The molecular formula is C25H26ClN9O2S. The first-order chi connectivity index (χ1) is 18.3. The van der Waals surface area contributed by atoms with Crippen LogP contribution in [0.1, 0.15) is 12.0 Å². The molecule has 0 saturated heterocycles. The first-order valence-electron chi connectivity index (χ1n) is 11.7. The molecule has 0 radical (unpaired) electrons. The molecule has 0 spiro atoms. The molecule has 2 aromatic heterocycles. The van der Waals surface area contributed by atoms with Crippen molar-refractivity contribution in [3.63, 3.8) is 0 Å². The summed E-state index contributed by atoms with van der Waals surface area (Å²) in [5.41, 5.74) is 2.83. The molecule has 13 heteroatoms. The fourth-order valence-electron chi connectivity index (χ4n) is 3.57. The Morgan fingerprint density at radius 1 is 0.816 bits per heavy atom. The number of aromatic nitrogens is 8. The van der Waals surface area contributed by atoms with Gasteiger partial charge in [-0.25, -0.2) is 0 Å². The van der Waals surface area contributed by atoms with E-state index < -0.39 is 0 Å². The number of halogens is 1. The summed E-state index contributed by atoms with van der Waals surface area (Å²) in [4.78, 5) is 0. The molecule has 0 aliphatic heterocycles. The van der Waals surface area contributed by atoms with Gasteiger partial charge in [-0.3, -0.25) is 0 Å². The van der Waals surface area contributed by atoms with Gasteiger partial charge in [0.25, 0.3) is 0 Å². The number of rotatable bonds is 12. The topological polar surface area (TPSA) is 118 Å². The molecule has 0 aliphatic carbocycles. The van der Waals surface area contributed by atoms with Crippen molar-refractivity contribution >= 4 is 24.2 Å². The summed E-state index contributed by atoms with van der Waals surface area (Å²) < 4.78 is 14.8. The first-order valence-corrected chi connectivity index (χ1v) is 12.7. The summed E-state index contributed by atoms with van der Waals surface area (Å²) in [6.45, 7) is 1.55. The van der Waals surface area contributed by atoms with E-state index in [-0.39, 0.29) is 18.4 Å². The van der Waals surface area contributed by atoms with Crippen molar-refractivity contribution in [2.24, 2.45) is 0 Å². The largest absolute Gasteiger partial charge is 0.493 e. The number of para-hydroxylation sites is 2. The zero-order valence-corrected chi connectivity index (χ0v) is 22.2. The minimum Gasteiger partial charge on any atom is -0.493 e. The molecule has 0 aliphatic rings. The van der Waals surface area contributed by atoms with Crippen molar-refractivity contribution in [1.29, 1.82) is 0 Å². The lowest BCUT2D eigenvalue weighted by molar-refractivity contribution is 0.362. The molecule has 3 aromatic carbocycles. The average Bonchev–Trinajstić information content (AvgIpc) is 3.62. The zero-order chi connectivity index (χ0) is 25.3. The third-order valence-corrected chi connectivity index (χ3v) is 6.38. The Bertz CT molecular complexity index is 1420. The summed E-state index contributed by atoms with van der Waals surface area (Å²) in [6.07, 6.45) is 0.965. The molecule has 38 heavy (non-hydrogen) atoms. The number of benzene rings is 3. The maximum atomic E-state index is 5.98. The van der Waals surface area contributed by atoms with Gasteiger partial charge in [-0.1, -0.05) is 59.3 Å². The fourth-order valence-corrected chi connectivity index (χ4v) is 4.40. The molecule has 5 aromatic rings. The van der Waals surface area contributed by atoms with Crippen LogP contribution in [0.5, 0.6) is 17.5 Å². The van der Waals surface area contributed by atoms with Crippen LogP contribution in [-0.2, 0) is 6.54 Å². The van der Waals surface area contributed by atoms with Gasteiger partial charge in [0, 0.05) is 12.3 Å². The van der Waals surface area contributed by atoms with Crippen LogP contribution < -0.4 is 14.8 Å². The Kier molecular flexibility index (Phi) is 9.62. The minimum atomic E-state index is 0. The second-order valence-corrected chi connectivity index (χ2v) is 8.95. The van der Waals surface area contributed by atoms with Crippen LogP contribution in [0.2, 0.25) is 0 Å². The highest BCUT2D eigenvalue weighted by molar-refractivity contribution is 7.99. The van der Waals surface area contributed by atoms with Gasteiger partial charge in [-0.05, 0) is 75.8 Å². The molecule has 1 N–H and O–H groups in total. The van der Waals surface area contributed by atoms with Gasteiger partial charge < -0.3 is 14.8 Å². The first kappa shape index (κ1) is 27.0. The maximum Gasteiger partial charge on any atom is 0.346 e. The van der Waals surface area contributed by atoms with Crippen LogP contribution in [0.15, 0.2) is 84.0 Å². The average molecular weight is 552 g/mol. The summed E-state index contributed by atoms with van der Waals surface area (Å²) in [5, 5.41) is 28.1. The Morgan fingerprint density at radius 2 is 1.50 bits per heavy atom. The number of hydrogen-bond donors (Lipinski definition) is 1. The van der Waals surface area contributed by atoms with Gasteiger partial charge in [0.2, 0.25) is 5.16 Å². The maximum absolute atomic E-state index is 5.98. The molecule has 0 unspecified atom stereocenters. The third kappa shape index (κ3) is 6.65. The molecular weight excluding hydrogens is 526 g/mol. The normalized spacial score (nSPS) is 10.7.